The van der Waals surface area contributed by atoms with Crippen LogP contribution in [0.4, 0.5) is 4.79 Å². The molecule has 6 nitrogen and oxygen atoms in total. The Morgan fingerprint density at radius 3 is 2.62 bits per heavy atom. The van der Waals surface area contributed by atoms with Crippen LogP contribution in [0.5, 0.6) is 0 Å². The van der Waals surface area contributed by atoms with E-state index in [-0.39, 0.29) is 24.2 Å². The molecule has 0 unspecified atom stereocenters. The van der Waals surface area contributed by atoms with E-state index in [0.29, 0.717) is 44.5 Å². The molecule has 1 aromatic carbocycles. The zero-order valence-corrected chi connectivity index (χ0v) is 14.9. The Morgan fingerprint density at radius 2 is 1.92 bits per heavy atom. The Morgan fingerprint density at radius 1 is 1.15 bits per heavy atom. The van der Waals surface area contributed by atoms with Gasteiger partial charge in [0.15, 0.2) is 11.4 Å². The average Bonchev–Trinajstić information content (AvgIpc) is 3.28. The Labute approximate surface area is 152 Å². The Hall–Kier alpha value is -2.63. The van der Waals surface area contributed by atoms with Crippen LogP contribution in [0.2, 0.25) is 0 Å². The third-order valence-electron chi connectivity index (χ3n) is 5.56. The summed E-state index contributed by atoms with van der Waals surface area (Å²) in [6, 6.07) is 9.79. The van der Waals surface area contributed by atoms with Crippen molar-refractivity contribution >= 4 is 23.4 Å². The second-order valence-corrected chi connectivity index (χ2v) is 7.40. The van der Waals surface area contributed by atoms with Crippen LogP contribution in [0.15, 0.2) is 35.9 Å². The van der Waals surface area contributed by atoms with Crippen molar-refractivity contribution < 1.29 is 19.1 Å². The highest BCUT2D eigenvalue weighted by Gasteiger charge is 2.49. The number of nitrogens with zero attached hydrogens (tertiary/aromatic N) is 2. The maximum absolute atomic E-state index is 12.8. The summed E-state index contributed by atoms with van der Waals surface area (Å²) in [5.74, 6) is 0.00398. The lowest BCUT2D eigenvalue weighted by molar-refractivity contribution is -0.131. The number of rotatable bonds is 3. The van der Waals surface area contributed by atoms with Gasteiger partial charge in [-0.25, -0.2) is 4.79 Å². The molecular weight excluding hydrogens is 332 g/mol. The highest BCUT2D eigenvalue weighted by Crippen LogP contribution is 2.36. The standard InChI is InChI=1S/C20H22N2O4/c1-21-12-20(26-19(21)25)9-10-22(13-20)18(24)11-16-15(7-8-17(16)23)14-5-3-2-4-6-14/h2-6H,7-13H2,1H3/t20-/m1/s1. The van der Waals surface area contributed by atoms with Crippen molar-refractivity contribution in [2.75, 3.05) is 26.7 Å². The Bertz CT molecular complexity index is 801. The molecule has 2 aliphatic heterocycles. The van der Waals surface area contributed by atoms with Crippen molar-refractivity contribution in [2.45, 2.75) is 31.3 Å². The highest BCUT2D eigenvalue weighted by molar-refractivity contribution is 6.10. The van der Waals surface area contributed by atoms with Crippen molar-refractivity contribution in [3.05, 3.63) is 41.5 Å². The third kappa shape index (κ3) is 2.89. The van der Waals surface area contributed by atoms with Crippen LogP contribution in [0.25, 0.3) is 5.57 Å². The number of carbonyl (C=O) groups is 3. The first-order chi connectivity index (χ1) is 12.5. The summed E-state index contributed by atoms with van der Waals surface area (Å²) in [6.07, 6.45) is 1.60. The molecule has 0 aromatic heterocycles. The van der Waals surface area contributed by atoms with E-state index in [2.05, 4.69) is 0 Å². The molecular formula is C20H22N2O4. The summed E-state index contributed by atoms with van der Waals surface area (Å²) < 4.78 is 5.50. The molecule has 0 bridgehead atoms. The van der Waals surface area contributed by atoms with E-state index in [9.17, 15) is 14.4 Å². The number of likely N-dealkylation sites (N-methyl/N-ethyl adjacent to an activating group) is 1. The number of carbonyl (C=O) groups excluding carboxylic acids is 3. The normalized spacial score (nSPS) is 25.6. The molecule has 3 aliphatic rings. The summed E-state index contributed by atoms with van der Waals surface area (Å²) in [6.45, 7) is 1.47. The van der Waals surface area contributed by atoms with Crippen molar-refractivity contribution in [3.8, 4) is 0 Å². The second kappa shape index (κ2) is 6.27. The predicted octanol–water partition coefficient (Wildman–Crippen LogP) is 2.25. The summed E-state index contributed by atoms with van der Waals surface area (Å²) >= 11 is 0. The molecule has 6 heteroatoms. The van der Waals surface area contributed by atoms with E-state index in [1.165, 1.54) is 0 Å². The van der Waals surface area contributed by atoms with Crippen LogP contribution in [-0.4, -0.2) is 59.9 Å². The zero-order chi connectivity index (χ0) is 18.3. The molecule has 1 aliphatic carbocycles. The van der Waals surface area contributed by atoms with Gasteiger partial charge in [0.05, 0.1) is 19.5 Å². The largest absolute Gasteiger partial charge is 0.439 e. The molecule has 136 valence electrons. The molecule has 0 saturated carbocycles. The van der Waals surface area contributed by atoms with Crippen LogP contribution in [-0.2, 0) is 14.3 Å². The molecule has 0 radical (unpaired) electrons. The molecule has 1 spiro atoms. The number of Topliss-reactive ketones (excluding diaryl/α,β-unsaturated/α-hetero) is 1. The SMILES string of the molecule is CN1C[C@@]2(CCN(C(=O)CC3=C(c4ccccc4)CCC3=O)C2)OC1=O. The number of hydrogen-bond acceptors (Lipinski definition) is 4. The lowest BCUT2D eigenvalue weighted by atomic mass is 9.99. The van der Waals surface area contributed by atoms with Crippen LogP contribution in [0.3, 0.4) is 0 Å². The van der Waals surface area contributed by atoms with Crippen molar-refractivity contribution in [2.24, 2.45) is 0 Å². The van der Waals surface area contributed by atoms with Crippen molar-refractivity contribution in [3.63, 3.8) is 0 Å². The minimum absolute atomic E-state index is 0.0637. The van der Waals surface area contributed by atoms with Gasteiger partial charge in [0.25, 0.3) is 0 Å². The van der Waals surface area contributed by atoms with E-state index in [4.69, 9.17) is 4.74 Å². The second-order valence-electron chi connectivity index (χ2n) is 7.40. The van der Waals surface area contributed by atoms with Crippen LogP contribution < -0.4 is 0 Å². The van der Waals surface area contributed by atoms with Crippen LogP contribution in [0.1, 0.15) is 31.2 Å². The number of ketones is 1. The van der Waals surface area contributed by atoms with E-state index in [1.54, 1.807) is 16.8 Å². The predicted molar refractivity (Wildman–Crippen MR) is 95.3 cm³/mol. The van der Waals surface area contributed by atoms with E-state index < -0.39 is 5.60 Å². The van der Waals surface area contributed by atoms with Gasteiger partial charge in [0, 0.05) is 32.0 Å². The van der Waals surface area contributed by atoms with Crippen molar-refractivity contribution in [1.29, 1.82) is 0 Å². The number of amides is 2. The molecule has 2 fully saturated rings. The molecule has 2 amide bonds. The van der Waals surface area contributed by atoms with Gasteiger partial charge >= 0.3 is 6.09 Å². The first kappa shape index (κ1) is 16.8. The topological polar surface area (TPSA) is 66.9 Å². The number of allylic oxidation sites excluding steroid dienone is 1. The van der Waals surface area contributed by atoms with E-state index >= 15 is 0 Å². The van der Waals surface area contributed by atoms with E-state index in [0.717, 1.165) is 11.1 Å². The number of likely N-dealkylation sites (tertiary alicyclic amines) is 1. The fraction of sp³-hybridized carbons (Fsp3) is 0.450. The highest BCUT2D eigenvalue weighted by atomic mass is 16.6. The van der Waals surface area contributed by atoms with Crippen molar-refractivity contribution in [1.82, 2.24) is 9.80 Å². The average molecular weight is 354 g/mol. The maximum Gasteiger partial charge on any atom is 0.410 e. The molecule has 2 saturated heterocycles. The summed E-state index contributed by atoms with van der Waals surface area (Å²) in [4.78, 5) is 40.1. The Kier molecular flexibility index (Phi) is 4.05. The summed E-state index contributed by atoms with van der Waals surface area (Å²) in [7, 11) is 1.70. The zero-order valence-electron chi connectivity index (χ0n) is 14.9. The first-order valence-corrected chi connectivity index (χ1v) is 9.00. The fourth-order valence-electron chi connectivity index (χ4n) is 4.20. The van der Waals surface area contributed by atoms with Gasteiger partial charge in [0.2, 0.25) is 5.91 Å². The van der Waals surface area contributed by atoms with Gasteiger partial charge in [-0.2, -0.15) is 0 Å². The van der Waals surface area contributed by atoms with Gasteiger partial charge in [-0.3, -0.25) is 9.59 Å². The van der Waals surface area contributed by atoms with Crippen LogP contribution in [0, 0.1) is 0 Å². The minimum Gasteiger partial charge on any atom is -0.439 e. The fourth-order valence-corrected chi connectivity index (χ4v) is 4.20. The van der Waals surface area contributed by atoms with Gasteiger partial charge in [-0.05, 0) is 17.6 Å². The van der Waals surface area contributed by atoms with Crippen LogP contribution >= 0.6 is 0 Å². The number of hydrogen-bond donors (Lipinski definition) is 0. The minimum atomic E-state index is -0.585. The number of benzene rings is 1. The Balaban J connectivity index is 1.49. The van der Waals surface area contributed by atoms with E-state index in [1.807, 2.05) is 30.3 Å². The summed E-state index contributed by atoms with van der Waals surface area (Å²) in [5.41, 5.74) is 2.07. The quantitative estimate of drug-likeness (QED) is 0.835. The summed E-state index contributed by atoms with van der Waals surface area (Å²) in [5, 5.41) is 0. The molecule has 2 heterocycles. The van der Waals surface area contributed by atoms with Gasteiger partial charge in [-0.15, -0.1) is 0 Å². The lowest BCUT2D eigenvalue weighted by Gasteiger charge is -2.22. The molecule has 1 atom stereocenters. The van der Waals surface area contributed by atoms with Gasteiger partial charge < -0.3 is 14.5 Å². The van der Waals surface area contributed by atoms with Gasteiger partial charge in [-0.1, -0.05) is 30.3 Å². The van der Waals surface area contributed by atoms with Gasteiger partial charge in [0.1, 0.15) is 0 Å². The molecule has 0 N–H and O–H groups in total. The monoisotopic (exact) mass is 354 g/mol. The number of ether oxygens (including phenoxy) is 1. The molecule has 26 heavy (non-hydrogen) atoms. The lowest BCUT2D eigenvalue weighted by Crippen LogP contribution is -2.39. The third-order valence-corrected chi connectivity index (χ3v) is 5.56. The first-order valence-electron chi connectivity index (χ1n) is 9.00. The molecule has 1 aromatic rings. The maximum atomic E-state index is 12.8. The molecule has 4 rings (SSSR count). The smallest absolute Gasteiger partial charge is 0.410 e.